The minimum atomic E-state index is -1.04. The second kappa shape index (κ2) is 12.1. The van der Waals surface area contributed by atoms with Crippen LogP contribution in [0.15, 0.2) is 48.5 Å². The van der Waals surface area contributed by atoms with E-state index in [2.05, 4.69) is 0 Å². The summed E-state index contributed by atoms with van der Waals surface area (Å²) in [6.45, 7) is 20.2. The summed E-state index contributed by atoms with van der Waals surface area (Å²) in [5.74, 6) is -1.46. The summed E-state index contributed by atoms with van der Waals surface area (Å²) in [7, 11) is 0. The van der Waals surface area contributed by atoms with Crippen molar-refractivity contribution in [2.75, 3.05) is 16.4 Å². The molecule has 2 aliphatic heterocycles. The topological polar surface area (TPSA) is 123 Å². The van der Waals surface area contributed by atoms with Crippen molar-refractivity contribution in [1.29, 1.82) is 0 Å². The Kier molecular flexibility index (Phi) is 9.49. The van der Waals surface area contributed by atoms with Crippen LogP contribution in [0.4, 0.5) is 21.0 Å². The van der Waals surface area contributed by atoms with Crippen LogP contribution in [-0.4, -0.2) is 59.1 Å². The maximum atomic E-state index is 12.7. The van der Waals surface area contributed by atoms with E-state index in [4.69, 9.17) is 14.2 Å². The van der Waals surface area contributed by atoms with Gasteiger partial charge in [-0.15, -0.1) is 0 Å². The minimum Gasteiger partial charge on any atom is -0.480 e. The average molecular weight is 611 g/mol. The van der Waals surface area contributed by atoms with Gasteiger partial charge in [-0.05, 0) is 71.7 Å². The van der Waals surface area contributed by atoms with Gasteiger partial charge in [0, 0.05) is 10.8 Å². The Balaban J connectivity index is 0.000000241. The largest absolute Gasteiger partial charge is 0.480 e. The first kappa shape index (κ1) is 34.4. The number of nitrogens with zero attached hydrogens (tertiary/aromatic N) is 2. The lowest BCUT2D eigenvalue weighted by Crippen LogP contribution is -2.52. The summed E-state index contributed by atoms with van der Waals surface area (Å²) in [4.78, 5) is 52.1. The number of carbonyl (C=O) groups excluding carboxylic acids is 3. The number of hydrogen-bond donors (Lipinski definition) is 1. The molecule has 0 fully saturated rings. The van der Waals surface area contributed by atoms with Crippen molar-refractivity contribution in [3.8, 4) is 0 Å². The molecule has 0 bridgehead atoms. The maximum Gasteiger partial charge on any atom is 0.415 e. The van der Waals surface area contributed by atoms with Crippen LogP contribution in [0.2, 0.25) is 0 Å². The molecule has 10 heteroatoms. The lowest BCUT2D eigenvalue weighted by molar-refractivity contribution is -0.146. The van der Waals surface area contributed by atoms with Crippen LogP contribution in [-0.2, 0) is 34.6 Å². The number of esters is 1. The molecule has 4 rings (SSSR count). The third-order valence-corrected chi connectivity index (χ3v) is 7.52. The van der Waals surface area contributed by atoms with Crippen molar-refractivity contribution >= 4 is 35.5 Å². The van der Waals surface area contributed by atoms with Crippen molar-refractivity contribution in [2.24, 2.45) is 0 Å². The number of ether oxygens (including phenoxy) is 3. The summed E-state index contributed by atoms with van der Waals surface area (Å²) in [6, 6.07) is 13.0. The fourth-order valence-electron chi connectivity index (χ4n) is 5.75. The maximum absolute atomic E-state index is 12.7. The van der Waals surface area contributed by atoms with E-state index in [1.807, 2.05) is 64.1 Å². The number of carboxylic acids is 1. The normalized spacial score (nSPS) is 19.6. The zero-order chi connectivity index (χ0) is 33.4. The van der Waals surface area contributed by atoms with E-state index >= 15 is 0 Å². The Labute approximate surface area is 260 Å². The zero-order valence-electron chi connectivity index (χ0n) is 27.7. The Morgan fingerprint density at radius 3 is 1.43 bits per heavy atom. The predicted octanol–water partition coefficient (Wildman–Crippen LogP) is 6.82. The molecular weight excluding hydrogens is 564 g/mol. The van der Waals surface area contributed by atoms with Gasteiger partial charge in [0.2, 0.25) is 0 Å². The van der Waals surface area contributed by atoms with E-state index < -0.39 is 58.2 Å². The highest BCUT2D eigenvalue weighted by atomic mass is 16.6. The number of carboxylic acid groups (broad SMARTS) is 1. The molecule has 0 aliphatic carbocycles. The van der Waals surface area contributed by atoms with Crippen LogP contribution < -0.4 is 9.80 Å². The fraction of sp³-hybridized carbons (Fsp3) is 0.529. The number of para-hydroxylation sites is 2. The molecule has 2 aromatic rings. The summed E-state index contributed by atoms with van der Waals surface area (Å²) >= 11 is 0. The molecule has 2 heterocycles. The van der Waals surface area contributed by atoms with Gasteiger partial charge in [0.25, 0.3) is 0 Å². The van der Waals surface area contributed by atoms with E-state index in [0.717, 1.165) is 11.1 Å². The van der Waals surface area contributed by atoms with E-state index in [-0.39, 0.29) is 6.61 Å². The number of rotatable bonds is 3. The number of carbonyl (C=O) groups is 4. The smallest absolute Gasteiger partial charge is 0.415 e. The standard InChI is InChI=1S/C18H25NO4.C16H21NO4/c1-7-22-15(20)14-18(5,6)12-10-8-9-11-13(12)19(14)16(21)23-17(2,3)4;1-15(2,3)21-14(20)17-11-9-7-6-8-10(11)16(4,5)12(17)13(18)19/h8-11,14H,7H2,1-6H3;6-9,12H,1-5H3,(H,18,19). The highest BCUT2D eigenvalue weighted by Gasteiger charge is 2.53. The number of anilines is 2. The molecule has 0 aromatic heterocycles. The highest BCUT2D eigenvalue weighted by molar-refractivity contribution is 6.01. The van der Waals surface area contributed by atoms with Gasteiger partial charge in [0.15, 0.2) is 0 Å². The van der Waals surface area contributed by atoms with Gasteiger partial charge in [-0.3, -0.25) is 9.80 Å². The first-order valence-corrected chi connectivity index (χ1v) is 14.8. The average Bonchev–Trinajstić information content (AvgIpc) is 3.27. The van der Waals surface area contributed by atoms with Crippen LogP contribution in [0.3, 0.4) is 0 Å². The van der Waals surface area contributed by atoms with E-state index in [1.165, 1.54) is 9.80 Å². The van der Waals surface area contributed by atoms with Crippen molar-refractivity contribution in [1.82, 2.24) is 0 Å². The highest BCUT2D eigenvalue weighted by Crippen LogP contribution is 2.47. The summed E-state index contributed by atoms with van der Waals surface area (Å²) in [5, 5.41) is 9.59. The third kappa shape index (κ3) is 6.84. The number of fused-ring (bicyclic) bond motifs is 2. The van der Waals surface area contributed by atoms with Crippen LogP contribution in [0, 0.1) is 0 Å². The Morgan fingerprint density at radius 1 is 0.705 bits per heavy atom. The fourth-order valence-corrected chi connectivity index (χ4v) is 5.75. The molecule has 0 saturated heterocycles. The van der Waals surface area contributed by atoms with E-state index in [9.17, 15) is 24.3 Å². The number of hydrogen-bond acceptors (Lipinski definition) is 7. The lowest BCUT2D eigenvalue weighted by atomic mass is 9.80. The molecule has 44 heavy (non-hydrogen) atoms. The first-order chi connectivity index (χ1) is 20.1. The van der Waals surface area contributed by atoms with Crippen LogP contribution >= 0.6 is 0 Å². The molecule has 2 atom stereocenters. The predicted molar refractivity (Wildman–Crippen MR) is 168 cm³/mol. The Morgan fingerprint density at radius 2 is 1.07 bits per heavy atom. The van der Waals surface area contributed by atoms with Crippen LogP contribution in [0.5, 0.6) is 0 Å². The lowest BCUT2D eigenvalue weighted by Gasteiger charge is -2.32. The van der Waals surface area contributed by atoms with E-state index in [0.29, 0.717) is 11.4 Å². The quantitative estimate of drug-likeness (QED) is 0.297. The first-order valence-electron chi connectivity index (χ1n) is 14.8. The molecule has 10 nitrogen and oxygen atoms in total. The molecule has 2 unspecified atom stereocenters. The zero-order valence-corrected chi connectivity index (χ0v) is 27.7. The molecule has 240 valence electrons. The minimum absolute atomic E-state index is 0.268. The van der Waals surface area contributed by atoms with E-state index in [1.54, 1.807) is 60.6 Å². The molecule has 0 radical (unpaired) electrons. The summed E-state index contributed by atoms with van der Waals surface area (Å²) in [5.41, 5.74) is 0.514. The van der Waals surface area contributed by atoms with Gasteiger partial charge in [0.1, 0.15) is 23.3 Å². The molecule has 0 saturated carbocycles. The number of amides is 2. The summed E-state index contributed by atoms with van der Waals surface area (Å²) < 4.78 is 16.1. The Hall–Kier alpha value is -4.08. The molecular formula is C34H46N2O8. The second-order valence-electron chi connectivity index (χ2n) is 14.1. The van der Waals surface area contributed by atoms with Crippen molar-refractivity contribution in [2.45, 2.75) is 110 Å². The molecule has 0 spiro atoms. The molecule has 2 amide bonds. The van der Waals surface area contributed by atoms with Gasteiger partial charge < -0.3 is 19.3 Å². The molecule has 1 N–H and O–H groups in total. The molecule has 2 aliphatic rings. The molecule has 2 aromatic carbocycles. The van der Waals surface area contributed by atoms with Gasteiger partial charge >= 0.3 is 24.1 Å². The van der Waals surface area contributed by atoms with Gasteiger partial charge in [-0.2, -0.15) is 0 Å². The van der Waals surface area contributed by atoms with Gasteiger partial charge in [-0.1, -0.05) is 64.1 Å². The van der Waals surface area contributed by atoms with Crippen molar-refractivity contribution in [3.63, 3.8) is 0 Å². The monoisotopic (exact) mass is 610 g/mol. The number of aliphatic carboxylic acids is 1. The van der Waals surface area contributed by atoms with Crippen molar-refractivity contribution in [3.05, 3.63) is 59.7 Å². The summed E-state index contributed by atoms with van der Waals surface area (Å²) in [6.07, 6.45) is -1.17. The SMILES string of the molecule is CC(C)(C)OC(=O)N1c2ccccc2C(C)(C)C1C(=O)O.CCOC(=O)C1N(C(=O)OC(C)(C)C)c2ccccc2C1(C)C. The van der Waals surface area contributed by atoms with Crippen LogP contribution in [0.1, 0.15) is 87.3 Å². The third-order valence-electron chi connectivity index (χ3n) is 7.52. The second-order valence-corrected chi connectivity index (χ2v) is 14.1. The Bertz CT molecular complexity index is 1420. The number of benzene rings is 2. The van der Waals surface area contributed by atoms with Crippen LogP contribution in [0.25, 0.3) is 0 Å². The van der Waals surface area contributed by atoms with Gasteiger partial charge in [0.05, 0.1) is 18.0 Å². The van der Waals surface area contributed by atoms with Crippen molar-refractivity contribution < 1.29 is 38.5 Å². The van der Waals surface area contributed by atoms with Gasteiger partial charge in [-0.25, -0.2) is 19.2 Å².